The second-order valence-electron chi connectivity index (χ2n) is 7.40. The van der Waals surface area contributed by atoms with Crippen molar-refractivity contribution in [3.63, 3.8) is 0 Å². The summed E-state index contributed by atoms with van der Waals surface area (Å²) in [6.07, 6.45) is -5.40. The van der Waals surface area contributed by atoms with E-state index in [1.165, 1.54) is 0 Å². The molecular formula is C20H15F5O4S. The maximum absolute atomic E-state index is 14.9. The van der Waals surface area contributed by atoms with Gasteiger partial charge in [0.25, 0.3) is 0 Å². The van der Waals surface area contributed by atoms with Crippen LogP contribution in [0.1, 0.15) is 30.4 Å². The number of rotatable bonds is 2. The maximum Gasteiger partial charge on any atom is 0.416 e. The molecule has 10 heteroatoms. The Balaban J connectivity index is 1.96. The van der Waals surface area contributed by atoms with Crippen LogP contribution in [0, 0.1) is 17.6 Å². The molecule has 0 radical (unpaired) electrons. The Bertz CT molecular complexity index is 1130. The van der Waals surface area contributed by atoms with E-state index in [4.69, 9.17) is 4.74 Å². The standard InChI is InChI=1S/C20H15F5O4S/c21-15-5-6-16(22)18-17(15)19(8-7-13(26)9-12(19)10-29-18)30(27,28)14-3-1-11(2-4-14)20(23,24)25/h1-6,12H,7-10H2/t12-,19+/m0/s1. The lowest BCUT2D eigenvalue weighted by molar-refractivity contribution is -0.137. The van der Waals surface area contributed by atoms with Gasteiger partial charge in [0.2, 0.25) is 0 Å². The molecule has 2 atom stereocenters. The van der Waals surface area contributed by atoms with Crippen molar-refractivity contribution in [2.75, 3.05) is 6.61 Å². The van der Waals surface area contributed by atoms with Crippen LogP contribution in [-0.4, -0.2) is 20.8 Å². The van der Waals surface area contributed by atoms with Gasteiger partial charge in [-0.05, 0) is 42.8 Å². The highest BCUT2D eigenvalue weighted by Crippen LogP contribution is 2.56. The third-order valence-electron chi connectivity index (χ3n) is 5.79. The Labute approximate surface area is 168 Å². The molecule has 1 aliphatic heterocycles. The van der Waals surface area contributed by atoms with E-state index in [-0.39, 0.29) is 31.7 Å². The molecule has 30 heavy (non-hydrogen) atoms. The molecule has 1 fully saturated rings. The van der Waals surface area contributed by atoms with Gasteiger partial charge in [0.05, 0.1) is 22.6 Å². The number of sulfone groups is 1. The van der Waals surface area contributed by atoms with Crippen molar-refractivity contribution in [3.05, 3.63) is 59.2 Å². The number of hydrogen-bond donors (Lipinski definition) is 0. The lowest BCUT2D eigenvalue weighted by Crippen LogP contribution is -2.52. The molecule has 0 amide bonds. The minimum absolute atomic E-state index is 0.189. The molecule has 0 bridgehead atoms. The summed E-state index contributed by atoms with van der Waals surface area (Å²) in [6.45, 7) is -0.334. The summed E-state index contributed by atoms with van der Waals surface area (Å²) < 4.78 is 98.5. The van der Waals surface area contributed by atoms with Crippen LogP contribution in [0.5, 0.6) is 5.75 Å². The van der Waals surface area contributed by atoms with Crippen molar-refractivity contribution in [3.8, 4) is 5.75 Å². The minimum Gasteiger partial charge on any atom is -0.490 e. The minimum atomic E-state index is -4.67. The smallest absolute Gasteiger partial charge is 0.416 e. The van der Waals surface area contributed by atoms with Gasteiger partial charge in [-0.1, -0.05) is 0 Å². The Morgan fingerprint density at radius 1 is 1.00 bits per heavy atom. The topological polar surface area (TPSA) is 60.4 Å². The van der Waals surface area contributed by atoms with Gasteiger partial charge in [0.1, 0.15) is 16.3 Å². The Kier molecular flexibility index (Phi) is 4.68. The van der Waals surface area contributed by atoms with Crippen LogP contribution in [-0.2, 0) is 25.6 Å². The highest BCUT2D eigenvalue weighted by molar-refractivity contribution is 7.92. The first kappa shape index (κ1) is 20.8. The molecule has 0 N–H and O–H groups in total. The number of carbonyl (C=O) groups excluding carboxylic acids is 1. The molecule has 0 unspecified atom stereocenters. The SMILES string of the molecule is O=C1CC[C@]2(S(=O)(=O)c3ccc(C(F)(F)F)cc3)c3c(F)ccc(F)c3OC[C@@H]2C1. The molecule has 2 aliphatic rings. The number of carbonyl (C=O) groups is 1. The number of ether oxygens (including phenoxy) is 1. The monoisotopic (exact) mass is 446 g/mol. The molecule has 4 nitrogen and oxygen atoms in total. The summed E-state index contributed by atoms with van der Waals surface area (Å²) in [7, 11) is -4.53. The largest absolute Gasteiger partial charge is 0.490 e. The van der Waals surface area contributed by atoms with Gasteiger partial charge in [-0.15, -0.1) is 0 Å². The van der Waals surface area contributed by atoms with Crippen molar-refractivity contribution < 1.29 is 39.9 Å². The molecular weight excluding hydrogens is 431 g/mol. The summed E-state index contributed by atoms with van der Waals surface area (Å²) in [5.74, 6) is -3.77. The summed E-state index contributed by atoms with van der Waals surface area (Å²) >= 11 is 0. The van der Waals surface area contributed by atoms with Crippen molar-refractivity contribution in [2.24, 2.45) is 5.92 Å². The van der Waals surface area contributed by atoms with Gasteiger partial charge < -0.3 is 4.74 Å². The predicted octanol–water partition coefficient (Wildman–Crippen LogP) is 4.41. The first-order valence-electron chi connectivity index (χ1n) is 9.03. The van der Waals surface area contributed by atoms with Crippen molar-refractivity contribution in [2.45, 2.75) is 35.1 Å². The van der Waals surface area contributed by atoms with Crippen molar-refractivity contribution in [1.82, 2.24) is 0 Å². The molecule has 1 heterocycles. The van der Waals surface area contributed by atoms with Gasteiger partial charge in [-0.3, -0.25) is 4.79 Å². The average molecular weight is 446 g/mol. The van der Waals surface area contributed by atoms with Crippen LogP contribution in [0.2, 0.25) is 0 Å². The molecule has 1 saturated carbocycles. The Morgan fingerprint density at radius 3 is 2.27 bits per heavy atom. The van der Waals surface area contributed by atoms with E-state index in [9.17, 15) is 35.2 Å². The number of benzene rings is 2. The van der Waals surface area contributed by atoms with Crippen LogP contribution < -0.4 is 4.74 Å². The number of Topliss-reactive ketones (excluding diaryl/α,β-unsaturated/α-hetero) is 1. The molecule has 0 aromatic heterocycles. The highest BCUT2D eigenvalue weighted by Gasteiger charge is 2.59. The average Bonchev–Trinajstić information content (AvgIpc) is 2.69. The van der Waals surface area contributed by atoms with Gasteiger partial charge >= 0.3 is 6.18 Å². The number of hydrogen-bond acceptors (Lipinski definition) is 4. The second kappa shape index (κ2) is 6.76. The van der Waals surface area contributed by atoms with E-state index in [0.717, 1.165) is 24.3 Å². The molecule has 0 spiro atoms. The van der Waals surface area contributed by atoms with Gasteiger partial charge in [-0.25, -0.2) is 17.2 Å². The fourth-order valence-corrected chi connectivity index (χ4v) is 6.70. The van der Waals surface area contributed by atoms with E-state index in [2.05, 4.69) is 0 Å². The zero-order chi connectivity index (χ0) is 21.9. The summed E-state index contributed by atoms with van der Waals surface area (Å²) in [6, 6.07) is 4.42. The second-order valence-corrected chi connectivity index (χ2v) is 9.61. The molecule has 160 valence electrons. The van der Waals surface area contributed by atoms with Crippen LogP contribution in [0.4, 0.5) is 22.0 Å². The number of alkyl halides is 3. The first-order chi connectivity index (χ1) is 14.0. The number of halogens is 5. The first-order valence-corrected chi connectivity index (χ1v) is 10.5. The highest BCUT2D eigenvalue weighted by atomic mass is 32.2. The van der Waals surface area contributed by atoms with Crippen LogP contribution in [0.3, 0.4) is 0 Å². The zero-order valence-corrected chi connectivity index (χ0v) is 16.1. The van der Waals surface area contributed by atoms with Gasteiger partial charge in [-0.2, -0.15) is 13.2 Å². The molecule has 1 aliphatic carbocycles. The molecule has 0 saturated heterocycles. The van der Waals surface area contributed by atoms with Gasteiger partial charge in [0.15, 0.2) is 21.4 Å². The molecule has 4 rings (SSSR count). The van der Waals surface area contributed by atoms with Crippen molar-refractivity contribution >= 4 is 15.6 Å². The number of fused-ring (bicyclic) bond motifs is 3. The van der Waals surface area contributed by atoms with E-state index in [1.807, 2.05) is 0 Å². The third kappa shape index (κ3) is 2.91. The summed E-state index contributed by atoms with van der Waals surface area (Å²) in [5.41, 5.74) is -1.55. The molecule has 2 aromatic rings. The normalized spacial score (nSPS) is 24.0. The van der Waals surface area contributed by atoms with Crippen LogP contribution in [0.15, 0.2) is 41.3 Å². The third-order valence-corrected chi connectivity index (χ3v) is 8.38. The van der Waals surface area contributed by atoms with Gasteiger partial charge in [0, 0.05) is 18.8 Å². The fourth-order valence-electron chi connectivity index (χ4n) is 4.37. The Morgan fingerprint density at radius 2 is 1.63 bits per heavy atom. The fraction of sp³-hybridized carbons (Fsp3) is 0.350. The summed E-state index contributed by atoms with van der Waals surface area (Å²) in [4.78, 5) is 11.5. The summed E-state index contributed by atoms with van der Waals surface area (Å²) in [5, 5.41) is 0. The van der Waals surface area contributed by atoms with E-state index in [1.54, 1.807) is 0 Å². The predicted molar refractivity (Wildman–Crippen MR) is 94.5 cm³/mol. The quantitative estimate of drug-likeness (QED) is 0.641. The maximum atomic E-state index is 14.9. The Hall–Kier alpha value is -2.49. The van der Waals surface area contributed by atoms with E-state index < -0.39 is 60.1 Å². The van der Waals surface area contributed by atoms with Crippen LogP contribution >= 0.6 is 0 Å². The lowest BCUT2D eigenvalue weighted by atomic mass is 9.72. The van der Waals surface area contributed by atoms with Crippen molar-refractivity contribution in [1.29, 1.82) is 0 Å². The zero-order valence-electron chi connectivity index (χ0n) is 15.3. The van der Waals surface area contributed by atoms with E-state index >= 15 is 0 Å². The van der Waals surface area contributed by atoms with Crippen LogP contribution in [0.25, 0.3) is 0 Å². The van der Waals surface area contributed by atoms with E-state index in [0.29, 0.717) is 12.1 Å². The molecule has 2 aromatic carbocycles. The number of ketones is 1. The lowest BCUT2D eigenvalue weighted by Gasteiger charge is -2.46.